The van der Waals surface area contributed by atoms with E-state index in [1.807, 2.05) is 6.33 Å². The summed E-state index contributed by atoms with van der Waals surface area (Å²) in [5.74, 6) is 2.52. The quantitative estimate of drug-likeness (QED) is 0.270. The van der Waals surface area contributed by atoms with Crippen molar-refractivity contribution >= 4 is 21.7 Å². The predicted molar refractivity (Wildman–Crippen MR) is 135 cm³/mol. The number of hydrogen-bond acceptors (Lipinski definition) is 2. The van der Waals surface area contributed by atoms with Crippen molar-refractivity contribution in [2.24, 2.45) is 12.5 Å². The van der Waals surface area contributed by atoms with Gasteiger partial charge in [-0.3, -0.25) is 0 Å². The van der Waals surface area contributed by atoms with Crippen LogP contribution in [-0.4, -0.2) is 4.98 Å². The van der Waals surface area contributed by atoms with Crippen LogP contribution in [0.3, 0.4) is 0 Å². The maximum atomic E-state index is 6.65. The van der Waals surface area contributed by atoms with Crippen LogP contribution in [0, 0.1) is 12.3 Å². The van der Waals surface area contributed by atoms with Crippen LogP contribution in [0.1, 0.15) is 69.4 Å². The number of aromatic nitrogens is 2. The molecule has 1 saturated carbocycles. The van der Waals surface area contributed by atoms with Crippen molar-refractivity contribution in [1.82, 2.24) is 4.98 Å². The van der Waals surface area contributed by atoms with Gasteiger partial charge in [0, 0.05) is 0 Å². The fraction of sp³-hybridized carbons (Fsp3) is 0.400. The van der Waals surface area contributed by atoms with Gasteiger partial charge in [-0.15, -0.1) is 0 Å². The van der Waals surface area contributed by atoms with Gasteiger partial charge in [0.05, 0.1) is 12.6 Å². The molecule has 0 spiro atoms. The average Bonchev–Trinajstić information content (AvgIpc) is 2.85. The molecule has 3 heteroatoms. The van der Waals surface area contributed by atoms with Crippen LogP contribution in [0.4, 0.5) is 0 Å². The Morgan fingerprint density at radius 1 is 1.03 bits per heavy atom. The first-order chi connectivity index (χ1) is 16.0. The van der Waals surface area contributed by atoms with Gasteiger partial charge in [0.15, 0.2) is 11.2 Å². The Labute approximate surface area is 196 Å². The van der Waals surface area contributed by atoms with Crippen molar-refractivity contribution in [3.63, 3.8) is 0 Å². The standard InChI is InChI=1S/C30H33N2O/c1-5-30(6-2)13-11-20(12-14-30)22-15-24-28-26(17-22)33-25-16-21-9-7-8-10-23(21)19(3)27(25)29(28)32(4)18-31-24/h7-10,15-18,20H,5-6,11-14H2,1-4H3/q+1. The molecule has 4 aromatic rings. The third kappa shape index (κ3) is 3.08. The van der Waals surface area contributed by atoms with Crippen LogP contribution in [0.15, 0.2) is 48.8 Å². The summed E-state index contributed by atoms with van der Waals surface area (Å²) >= 11 is 0. The fourth-order valence-corrected chi connectivity index (χ4v) is 6.47. The zero-order valence-corrected chi connectivity index (χ0v) is 20.2. The Morgan fingerprint density at radius 3 is 2.55 bits per heavy atom. The molecule has 3 nitrogen and oxygen atoms in total. The highest BCUT2D eigenvalue weighted by molar-refractivity contribution is 6.04. The number of rotatable bonds is 3. The maximum Gasteiger partial charge on any atom is 0.287 e. The largest absolute Gasteiger partial charge is 0.456 e. The molecule has 0 bridgehead atoms. The highest BCUT2D eigenvalue weighted by atomic mass is 16.5. The van der Waals surface area contributed by atoms with Crippen LogP contribution < -0.4 is 9.30 Å². The lowest BCUT2D eigenvalue weighted by molar-refractivity contribution is -0.662. The molecule has 0 radical (unpaired) electrons. The van der Waals surface area contributed by atoms with Crippen LogP contribution >= 0.6 is 0 Å². The van der Waals surface area contributed by atoms with Crippen molar-refractivity contribution in [1.29, 1.82) is 0 Å². The molecule has 0 N–H and O–H groups in total. The minimum absolute atomic E-state index is 0.550. The molecule has 1 fully saturated rings. The van der Waals surface area contributed by atoms with Crippen molar-refractivity contribution in [2.45, 2.75) is 65.2 Å². The molecule has 0 saturated heterocycles. The zero-order valence-electron chi connectivity index (χ0n) is 20.2. The van der Waals surface area contributed by atoms with E-state index in [1.54, 1.807) is 0 Å². The van der Waals surface area contributed by atoms with Gasteiger partial charge >= 0.3 is 0 Å². The number of ether oxygens (including phenoxy) is 1. The lowest BCUT2D eigenvalue weighted by Gasteiger charge is -2.39. The van der Waals surface area contributed by atoms with Crippen LogP contribution in [-0.2, 0) is 7.05 Å². The number of nitrogens with zero attached hydrogens (tertiary/aromatic N) is 2. The van der Waals surface area contributed by atoms with Crippen molar-refractivity contribution < 1.29 is 9.30 Å². The SMILES string of the molecule is CCC1(CC)CCC(c2cc3c4c([n+](C)cnc4c2)-c2c(cc4ccccc4c2C)O3)CC1. The summed E-state index contributed by atoms with van der Waals surface area (Å²) in [5.41, 5.74) is 6.67. The maximum absolute atomic E-state index is 6.65. The van der Waals surface area contributed by atoms with Crippen LogP contribution in [0.25, 0.3) is 32.9 Å². The molecule has 0 amide bonds. The highest BCUT2D eigenvalue weighted by Crippen LogP contribution is 2.51. The molecular formula is C30H33N2O+. The molecule has 2 aliphatic rings. The monoisotopic (exact) mass is 437 g/mol. The third-order valence-corrected chi connectivity index (χ3v) is 8.81. The number of benzene rings is 3. The zero-order chi connectivity index (χ0) is 22.7. The predicted octanol–water partition coefficient (Wildman–Crippen LogP) is 7.76. The highest BCUT2D eigenvalue weighted by Gasteiger charge is 2.35. The number of fused-ring (bicyclic) bond motifs is 3. The summed E-state index contributed by atoms with van der Waals surface area (Å²) < 4.78 is 8.81. The Bertz CT molecular complexity index is 1390. The number of aryl methyl sites for hydroxylation is 2. The Hall–Kier alpha value is -2.94. The molecule has 1 aromatic heterocycles. The van der Waals surface area contributed by atoms with E-state index in [0.29, 0.717) is 11.3 Å². The Balaban J connectivity index is 1.50. The Morgan fingerprint density at radius 2 is 1.79 bits per heavy atom. The summed E-state index contributed by atoms with van der Waals surface area (Å²) in [7, 11) is 2.10. The Kier molecular flexibility index (Phi) is 4.72. The second-order valence-electron chi connectivity index (χ2n) is 10.3. The fourth-order valence-electron chi connectivity index (χ4n) is 6.47. The van der Waals surface area contributed by atoms with Gasteiger partial charge in [0.25, 0.3) is 6.33 Å². The van der Waals surface area contributed by atoms with Crippen molar-refractivity contribution in [2.75, 3.05) is 0 Å². The van der Waals surface area contributed by atoms with E-state index >= 15 is 0 Å². The lowest BCUT2D eigenvalue weighted by Crippen LogP contribution is -2.33. The smallest absolute Gasteiger partial charge is 0.287 e. The van der Waals surface area contributed by atoms with Gasteiger partial charge in [-0.25, -0.2) is 4.57 Å². The molecule has 3 aromatic carbocycles. The second kappa shape index (κ2) is 7.55. The van der Waals surface area contributed by atoms with Gasteiger partial charge in [0.2, 0.25) is 0 Å². The molecule has 0 unspecified atom stereocenters. The summed E-state index contributed by atoms with van der Waals surface area (Å²) in [5, 5.41) is 3.65. The van der Waals surface area contributed by atoms with Gasteiger partial charge in [-0.1, -0.05) is 51.0 Å². The van der Waals surface area contributed by atoms with E-state index in [-0.39, 0.29) is 0 Å². The normalized spacial score (nSPS) is 17.2. The average molecular weight is 438 g/mol. The second-order valence-corrected chi connectivity index (χ2v) is 10.3. The van der Waals surface area contributed by atoms with Gasteiger partial charge in [-0.05, 0) is 89.0 Å². The topological polar surface area (TPSA) is 26.0 Å². The van der Waals surface area contributed by atoms with E-state index in [0.717, 1.165) is 22.4 Å². The minimum Gasteiger partial charge on any atom is -0.456 e. The molecule has 2 heterocycles. The molecule has 168 valence electrons. The van der Waals surface area contributed by atoms with E-state index < -0.39 is 0 Å². The lowest BCUT2D eigenvalue weighted by atomic mass is 9.66. The van der Waals surface area contributed by atoms with Gasteiger partial charge < -0.3 is 4.74 Å². The molecule has 33 heavy (non-hydrogen) atoms. The van der Waals surface area contributed by atoms with E-state index in [4.69, 9.17) is 9.72 Å². The third-order valence-electron chi connectivity index (χ3n) is 8.81. The van der Waals surface area contributed by atoms with Gasteiger partial charge in [-0.2, -0.15) is 0 Å². The number of hydrogen-bond donors (Lipinski definition) is 0. The first-order valence-corrected chi connectivity index (χ1v) is 12.6. The van der Waals surface area contributed by atoms with Crippen LogP contribution in [0.5, 0.6) is 11.5 Å². The van der Waals surface area contributed by atoms with Gasteiger partial charge in [0.1, 0.15) is 16.9 Å². The molecule has 6 rings (SSSR count). The summed E-state index contributed by atoms with van der Waals surface area (Å²) in [6.07, 6.45) is 9.75. The molecule has 1 aliphatic carbocycles. The molecule has 0 atom stereocenters. The van der Waals surface area contributed by atoms with Crippen LogP contribution in [0.2, 0.25) is 0 Å². The van der Waals surface area contributed by atoms with E-state index in [1.165, 1.54) is 71.7 Å². The van der Waals surface area contributed by atoms with E-state index in [9.17, 15) is 0 Å². The molecule has 1 aliphatic heterocycles. The first-order valence-electron chi connectivity index (χ1n) is 12.6. The molecular weight excluding hydrogens is 404 g/mol. The summed E-state index contributed by atoms with van der Waals surface area (Å²) in [6, 6.07) is 15.5. The van der Waals surface area contributed by atoms with Crippen molar-refractivity contribution in [3.05, 3.63) is 59.9 Å². The summed E-state index contributed by atoms with van der Waals surface area (Å²) in [6.45, 7) is 6.95. The van der Waals surface area contributed by atoms with Crippen molar-refractivity contribution in [3.8, 4) is 22.8 Å². The minimum atomic E-state index is 0.550. The van der Waals surface area contributed by atoms with E-state index in [2.05, 4.69) is 74.9 Å². The first kappa shape index (κ1) is 20.7. The summed E-state index contributed by atoms with van der Waals surface area (Å²) in [4.78, 5) is 4.85.